The van der Waals surface area contributed by atoms with Crippen molar-refractivity contribution in [3.8, 4) is 0 Å². The van der Waals surface area contributed by atoms with E-state index in [9.17, 15) is 13.2 Å². The fourth-order valence-corrected chi connectivity index (χ4v) is 3.73. The molecule has 1 N–H and O–H groups in total. The molecule has 3 aromatic rings. The molecular weight excluding hydrogens is 411 g/mol. The van der Waals surface area contributed by atoms with Gasteiger partial charge in [-0.2, -0.15) is 13.2 Å². The lowest BCUT2D eigenvalue weighted by atomic mass is 10.1. The number of hydrogen-bond acceptors (Lipinski definition) is 3. The molecule has 0 radical (unpaired) electrons. The molecule has 0 spiro atoms. The smallest absolute Gasteiger partial charge is 0.384 e. The highest BCUT2D eigenvalue weighted by molar-refractivity contribution is 6.31. The van der Waals surface area contributed by atoms with E-state index in [4.69, 9.17) is 11.6 Å². The van der Waals surface area contributed by atoms with Gasteiger partial charge in [-0.15, -0.1) is 0 Å². The number of benzene rings is 2. The molecule has 0 bridgehead atoms. The number of anilines is 1. The molecule has 0 fully saturated rings. The van der Waals surface area contributed by atoms with Crippen molar-refractivity contribution in [2.24, 2.45) is 0 Å². The van der Waals surface area contributed by atoms with E-state index >= 15 is 0 Å². The molecule has 0 unspecified atom stereocenters. The van der Waals surface area contributed by atoms with E-state index in [1.54, 1.807) is 18.3 Å². The average Bonchev–Trinajstić information content (AvgIpc) is 2.70. The first-order chi connectivity index (χ1) is 14.4. The zero-order valence-electron chi connectivity index (χ0n) is 16.8. The summed E-state index contributed by atoms with van der Waals surface area (Å²) >= 11 is 6.03. The number of aromatic nitrogens is 1. The molecule has 0 aliphatic carbocycles. The van der Waals surface area contributed by atoms with Crippen LogP contribution in [-0.4, -0.2) is 29.5 Å². The molecule has 0 atom stereocenters. The Bertz CT molecular complexity index is 975. The fraction of sp³-hybridized carbons (Fsp3) is 0.348. The predicted molar refractivity (Wildman–Crippen MR) is 117 cm³/mol. The Morgan fingerprint density at radius 3 is 2.63 bits per heavy atom. The Labute approximate surface area is 179 Å². The van der Waals surface area contributed by atoms with Gasteiger partial charge in [-0.05, 0) is 55.3 Å². The molecule has 160 valence electrons. The molecule has 1 heterocycles. The monoisotopic (exact) mass is 435 g/mol. The molecule has 0 amide bonds. The Balaban J connectivity index is 1.60. The van der Waals surface area contributed by atoms with Gasteiger partial charge in [-0.25, -0.2) is 0 Å². The van der Waals surface area contributed by atoms with Crippen LogP contribution in [0.5, 0.6) is 0 Å². The first kappa shape index (κ1) is 22.4. The maximum Gasteiger partial charge on any atom is 0.416 e. The van der Waals surface area contributed by atoms with Crippen LogP contribution in [0.3, 0.4) is 0 Å². The lowest BCUT2D eigenvalue weighted by Gasteiger charge is -2.24. The van der Waals surface area contributed by atoms with E-state index in [2.05, 4.69) is 15.2 Å². The number of nitrogens with zero attached hydrogens (tertiary/aromatic N) is 2. The van der Waals surface area contributed by atoms with Crippen LogP contribution in [0.4, 0.5) is 18.9 Å². The highest BCUT2D eigenvalue weighted by Crippen LogP contribution is 2.32. The van der Waals surface area contributed by atoms with E-state index in [0.29, 0.717) is 30.2 Å². The van der Waals surface area contributed by atoms with Crippen molar-refractivity contribution in [3.63, 3.8) is 0 Å². The summed E-state index contributed by atoms with van der Waals surface area (Å²) in [6.07, 6.45) is -0.900. The Hall–Kier alpha value is -2.31. The molecule has 0 saturated heterocycles. The maximum absolute atomic E-state index is 13.3. The number of alkyl halides is 3. The molecule has 7 heteroatoms. The van der Waals surface area contributed by atoms with E-state index < -0.39 is 11.7 Å². The Morgan fingerprint density at radius 2 is 1.87 bits per heavy atom. The van der Waals surface area contributed by atoms with E-state index in [-0.39, 0.29) is 0 Å². The van der Waals surface area contributed by atoms with Crippen molar-refractivity contribution >= 4 is 28.2 Å². The molecule has 1 aromatic heterocycles. The second kappa shape index (κ2) is 10.1. The zero-order chi connectivity index (χ0) is 21.6. The van der Waals surface area contributed by atoms with Gasteiger partial charge in [0.05, 0.1) is 11.1 Å². The number of fused-ring (bicyclic) bond motifs is 1. The molecule has 0 saturated carbocycles. The second-order valence-corrected chi connectivity index (χ2v) is 7.67. The van der Waals surface area contributed by atoms with Crippen molar-refractivity contribution in [2.45, 2.75) is 32.5 Å². The number of hydrogen-bond donors (Lipinski definition) is 1. The molecule has 3 rings (SSSR count). The summed E-state index contributed by atoms with van der Waals surface area (Å²) in [7, 11) is 0. The molecule has 2 aromatic carbocycles. The second-order valence-electron chi connectivity index (χ2n) is 7.23. The van der Waals surface area contributed by atoms with Crippen LogP contribution in [-0.2, 0) is 12.7 Å². The van der Waals surface area contributed by atoms with E-state index in [1.807, 2.05) is 31.2 Å². The Kier molecular flexibility index (Phi) is 7.56. The van der Waals surface area contributed by atoms with Crippen molar-refractivity contribution in [1.82, 2.24) is 9.88 Å². The van der Waals surface area contributed by atoms with Crippen LogP contribution >= 0.6 is 11.6 Å². The van der Waals surface area contributed by atoms with Crippen LogP contribution in [0.1, 0.15) is 30.9 Å². The third-order valence-corrected chi connectivity index (χ3v) is 5.16. The predicted octanol–water partition coefficient (Wildman–Crippen LogP) is 6.62. The van der Waals surface area contributed by atoms with Crippen molar-refractivity contribution in [3.05, 3.63) is 70.9 Å². The first-order valence-corrected chi connectivity index (χ1v) is 10.4. The normalized spacial score (nSPS) is 11.9. The van der Waals surface area contributed by atoms with Gasteiger partial charge in [0.2, 0.25) is 0 Å². The van der Waals surface area contributed by atoms with Gasteiger partial charge in [0, 0.05) is 41.9 Å². The minimum atomic E-state index is -4.33. The van der Waals surface area contributed by atoms with Crippen molar-refractivity contribution in [2.75, 3.05) is 25.0 Å². The highest BCUT2D eigenvalue weighted by atomic mass is 35.5. The first-order valence-electron chi connectivity index (χ1n) is 10.0. The molecule has 3 nitrogen and oxygen atoms in total. The van der Waals surface area contributed by atoms with Gasteiger partial charge in [0.15, 0.2) is 0 Å². The van der Waals surface area contributed by atoms with Gasteiger partial charge in [-0.1, -0.05) is 36.7 Å². The van der Waals surface area contributed by atoms with Crippen LogP contribution in [0.2, 0.25) is 5.02 Å². The summed E-state index contributed by atoms with van der Waals surface area (Å²) in [6.45, 7) is 4.50. The maximum atomic E-state index is 13.3. The third kappa shape index (κ3) is 5.86. The summed E-state index contributed by atoms with van der Waals surface area (Å²) in [4.78, 5) is 6.41. The van der Waals surface area contributed by atoms with Gasteiger partial charge >= 0.3 is 6.18 Å². The summed E-state index contributed by atoms with van der Waals surface area (Å²) in [5, 5.41) is 5.05. The summed E-state index contributed by atoms with van der Waals surface area (Å²) in [5.41, 5.74) is 1.57. The minimum absolute atomic E-state index is 0.292. The molecule has 0 aliphatic rings. The lowest BCUT2D eigenvalue weighted by Crippen LogP contribution is -2.28. The van der Waals surface area contributed by atoms with Crippen molar-refractivity contribution < 1.29 is 13.2 Å². The minimum Gasteiger partial charge on any atom is -0.384 e. The average molecular weight is 436 g/mol. The number of pyridine rings is 1. The molecule has 30 heavy (non-hydrogen) atoms. The Morgan fingerprint density at radius 1 is 1.07 bits per heavy atom. The van der Waals surface area contributed by atoms with Gasteiger partial charge < -0.3 is 5.32 Å². The fourth-order valence-electron chi connectivity index (χ4n) is 3.56. The van der Waals surface area contributed by atoms with E-state index in [0.717, 1.165) is 42.0 Å². The van der Waals surface area contributed by atoms with Crippen molar-refractivity contribution in [1.29, 1.82) is 0 Å². The topological polar surface area (TPSA) is 28.2 Å². The highest BCUT2D eigenvalue weighted by Gasteiger charge is 2.33. The van der Waals surface area contributed by atoms with Crippen LogP contribution in [0, 0.1) is 0 Å². The quantitative estimate of drug-likeness (QED) is 0.383. The SMILES string of the molecule is CCCN(CCCNc1ccnc2cc(Cl)ccc12)Cc1ccccc1C(F)(F)F. The van der Waals surface area contributed by atoms with Crippen LogP contribution < -0.4 is 5.32 Å². The third-order valence-electron chi connectivity index (χ3n) is 4.93. The largest absolute Gasteiger partial charge is 0.416 e. The molecular formula is C23H25ClF3N3. The summed E-state index contributed by atoms with van der Waals surface area (Å²) in [5.74, 6) is 0. The summed E-state index contributed by atoms with van der Waals surface area (Å²) < 4.78 is 39.9. The molecule has 0 aliphatic heterocycles. The zero-order valence-corrected chi connectivity index (χ0v) is 17.6. The van der Waals surface area contributed by atoms with Gasteiger partial charge in [0.1, 0.15) is 0 Å². The summed E-state index contributed by atoms with van der Waals surface area (Å²) in [6, 6.07) is 13.3. The van der Waals surface area contributed by atoms with Gasteiger partial charge in [-0.3, -0.25) is 9.88 Å². The van der Waals surface area contributed by atoms with E-state index in [1.165, 1.54) is 6.07 Å². The van der Waals surface area contributed by atoms with Crippen LogP contribution in [0.25, 0.3) is 10.9 Å². The number of nitrogens with one attached hydrogen (secondary N) is 1. The standard InChI is InChI=1S/C23H25ClF3N3/c1-2-13-30(16-17-6-3-4-7-20(17)23(25,26)27)14-5-11-28-21-10-12-29-22-15-18(24)8-9-19(21)22/h3-4,6-10,12,15H,2,5,11,13-14,16H2,1H3,(H,28,29). The lowest BCUT2D eigenvalue weighted by molar-refractivity contribution is -0.138. The number of halogens is 4. The van der Waals surface area contributed by atoms with Crippen LogP contribution in [0.15, 0.2) is 54.7 Å². The van der Waals surface area contributed by atoms with Gasteiger partial charge in [0.25, 0.3) is 0 Å². The number of rotatable bonds is 9.